The fourth-order valence-corrected chi connectivity index (χ4v) is 1.04. The number of carbonyl (C=O) groups excluding carboxylic acids is 1. The Hall–Kier alpha value is -1.04. The van der Waals surface area contributed by atoms with Crippen LogP contribution in [0.2, 0.25) is 0 Å². The normalized spacial score (nSPS) is 9.64. The van der Waals surface area contributed by atoms with Crippen LogP contribution in [0.4, 0.5) is 5.69 Å². The van der Waals surface area contributed by atoms with Crippen molar-refractivity contribution in [2.45, 2.75) is 0 Å². The number of hydrogen-bond acceptors (Lipinski definition) is 3. The van der Waals surface area contributed by atoms with E-state index in [0.717, 1.165) is 0 Å². The fraction of sp³-hybridized carbons (Fsp3) is 0.125. The Balaban J connectivity index is 2.78. The Morgan fingerprint density at radius 1 is 1.50 bits per heavy atom. The van der Waals surface area contributed by atoms with Crippen molar-refractivity contribution in [3.05, 3.63) is 24.3 Å². The number of nitrogens with one attached hydrogen (secondary N) is 1. The highest BCUT2D eigenvalue weighted by Crippen LogP contribution is 2.03. The number of carbonyl (C=O) groups is 1. The van der Waals surface area contributed by atoms with Crippen LogP contribution in [0.5, 0.6) is 0 Å². The lowest BCUT2D eigenvalue weighted by atomic mass is 9.80. The third-order valence-electron chi connectivity index (χ3n) is 1.59. The van der Waals surface area contributed by atoms with Crippen LogP contribution < -0.4 is 10.8 Å². The van der Waals surface area contributed by atoms with Crippen molar-refractivity contribution in [2.75, 3.05) is 11.2 Å². The number of hydrogen-bond donors (Lipinski definition) is 3. The van der Waals surface area contributed by atoms with Gasteiger partial charge in [-0.2, -0.15) is 0 Å². The average molecular weight is 213 g/mol. The first-order valence-electron chi connectivity index (χ1n) is 3.95. The smallest absolute Gasteiger partial charge is 0.423 e. The Morgan fingerprint density at radius 2 is 2.21 bits per heavy atom. The van der Waals surface area contributed by atoms with Crippen molar-refractivity contribution in [1.29, 1.82) is 0 Å². The predicted molar refractivity (Wildman–Crippen MR) is 55.6 cm³/mol. The molecule has 0 aliphatic rings. The van der Waals surface area contributed by atoms with Gasteiger partial charge in [-0.05, 0) is 17.6 Å². The Morgan fingerprint density at radius 3 is 2.79 bits per heavy atom. The van der Waals surface area contributed by atoms with Gasteiger partial charge >= 0.3 is 7.12 Å². The van der Waals surface area contributed by atoms with Gasteiger partial charge in [0, 0.05) is 5.69 Å². The molecule has 0 aliphatic carbocycles. The van der Waals surface area contributed by atoms with Gasteiger partial charge in [-0.1, -0.05) is 12.1 Å². The van der Waals surface area contributed by atoms with Crippen LogP contribution >= 0.6 is 11.6 Å². The summed E-state index contributed by atoms with van der Waals surface area (Å²) in [5.41, 5.74) is 0.804. The van der Waals surface area contributed by atoms with Crippen LogP contribution in [0.3, 0.4) is 0 Å². The highest BCUT2D eigenvalue weighted by molar-refractivity contribution is 6.58. The minimum absolute atomic E-state index is 0.133. The van der Waals surface area contributed by atoms with Crippen molar-refractivity contribution in [2.24, 2.45) is 0 Å². The lowest BCUT2D eigenvalue weighted by molar-refractivity contribution is -0.113. The summed E-state index contributed by atoms with van der Waals surface area (Å²) in [7, 11) is -1.54. The molecule has 0 spiro atoms. The van der Waals surface area contributed by atoms with E-state index in [-0.39, 0.29) is 11.8 Å². The number of anilines is 1. The van der Waals surface area contributed by atoms with E-state index in [1.807, 2.05) is 0 Å². The first-order chi connectivity index (χ1) is 6.63. The van der Waals surface area contributed by atoms with E-state index in [4.69, 9.17) is 21.6 Å². The van der Waals surface area contributed by atoms with Crippen LogP contribution in [0.25, 0.3) is 0 Å². The zero-order chi connectivity index (χ0) is 10.6. The van der Waals surface area contributed by atoms with Crippen molar-refractivity contribution < 1.29 is 14.8 Å². The Bertz CT molecular complexity index is 332. The molecule has 14 heavy (non-hydrogen) atoms. The van der Waals surface area contributed by atoms with E-state index < -0.39 is 7.12 Å². The first kappa shape index (κ1) is 11.0. The SMILES string of the molecule is O=C(CCl)Nc1cccc(B(O)O)c1. The minimum atomic E-state index is -1.54. The quantitative estimate of drug-likeness (QED) is 0.470. The first-order valence-corrected chi connectivity index (χ1v) is 4.49. The molecular formula is C8H9BClNO3. The number of benzene rings is 1. The van der Waals surface area contributed by atoms with Crippen molar-refractivity contribution >= 4 is 35.8 Å². The summed E-state index contributed by atoms with van der Waals surface area (Å²) in [4.78, 5) is 10.9. The maximum absolute atomic E-state index is 10.9. The topological polar surface area (TPSA) is 69.6 Å². The van der Waals surface area contributed by atoms with E-state index in [1.54, 1.807) is 18.2 Å². The molecule has 74 valence electrons. The van der Waals surface area contributed by atoms with E-state index >= 15 is 0 Å². The summed E-state index contributed by atoms with van der Waals surface area (Å²) in [5, 5.41) is 20.2. The van der Waals surface area contributed by atoms with Gasteiger partial charge < -0.3 is 15.4 Å². The zero-order valence-electron chi connectivity index (χ0n) is 7.27. The fourth-order valence-electron chi connectivity index (χ4n) is 0.971. The second-order valence-electron chi connectivity index (χ2n) is 2.68. The monoisotopic (exact) mass is 213 g/mol. The minimum Gasteiger partial charge on any atom is -0.423 e. The molecule has 0 unspecified atom stereocenters. The van der Waals surface area contributed by atoms with Gasteiger partial charge in [-0.3, -0.25) is 4.79 Å². The van der Waals surface area contributed by atoms with Gasteiger partial charge in [0.25, 0.3) is 0 Å². The second kappa shape index (κ2) is 5.00. The van der Waals surface area contributed by atoms with Gasteiger partial charge in [0.2, 0.25) is 5.91 Å². The molecule has 1 aromatic rings. The number of alkyl halides is 1. The van der Waals surface area contributed by atoms with Crippen LogP contribution in [-0.2, 0) is 4.79 Å². The Labute approximate surface area is 86.7 Å². The molecule has 0 bridgehead atoms. The molecule has 3 N–H and O–H groups in total. The average Bonchev–Trinajstić information content (AvgIpc) is 2.18. The van der Waals surface area contributed by atoms with Gasteiger partial charge in [-0.15, -0.1) is 11.6 Å². The standard InChI is InChI=1S/C8H9BClNO3/c10-5-8(12)11-7-3-1-2-6(4-7)9(13)14/h1-4,13-14H,5H2,(H,11,12). The third-order valence-corrected chi connectivity index (χ3v) is 1.83. The molecule has 0 heterocycles. The number of amides is 1. The van der Waals surface area contributed by atoms with Crippen molar-refractivity contribution in [3.8, 4) is 0 Å². The molecule has 0 fully saturated rings. The summed E-state index contributed by atoms with van der Waals surface area (Å²) < 4.78 is 0. The molecule has 6 heteroatoms. The van der Waals surface area contributed by atoms with Crippen LogP contribution in [-0.4, -0.2) is 29.0 Å². The van der Waals surface area contributed by atoms with Gasteiger partial charge in [0.05, 0.1) is 0 Å². The highest BCUT2D eigenvalue weighted by atomic mass is 35.5. The molecule has 1 amide bonds. The van der Waals surface area contributed by atoms with Gasteiger partial charge in [0.1, 0.15) is 5.88 Å². The molecule has 0 saturated carbocycles. The molecule has 0 aliphatic heterocycles. The summed E-state index contributed by atoms with van der Waals surface area (Å²) in [5.74, 6) is -0.470. The van der Waals surface area contributed by atoms with Crippen molar-refractivity contribution in [3.63, 3.8) is 0 Å². The van der Waals surface area contributed by atoms with Crippen LogP contribution in [0.15, 0.2) is 24.3 Å². The van der Waals surface area contributed by atoms with Gasteiger partial charge in [-0.25, -0.2) is 0 Å². The predicted octanol–water partition coefficient (Wildman–Crippen LogP) is -0.456. The molecule has 0 atom stereocenters. The third kappa shape index (κ3) is 3.03. The maximum atomic E-state index is 10.9. The summed E-state index contributed by atoms with van der Waals surface area (Å²) in [6, 6.07) is 6.26. The van der Waals surface area contributed by atoms with E-state index in [1.165, 1.54) is 6.07 Å². The largest absolute Gasteiger partial charge is 0.488 e. The second-order valence-corrected chi connectivity index (χ2v) is 2.95. The van der Waals surface area contributed by atoms with Crippen LogP contribution in [0.1, 0.15) is 0 Å². The zero-order valence-corrected chi connectivity index (χ0v) is 8.03. The van der Waals surface area contributed by atoms with Gasteiger partial charge in [0.15, 0.2) is 0 Å². The molecule has 1 rings (SSSR count). The van der Waals surface area contributed by atoms with Crippen molar-refractivity contribution in [1.82, 2.24) is 0 Å². The Kier molecular flexibility index (Phi) is 3.94. The molecule has 0 saturated heterocycles. The molecule has 0 aromatic heterocycles. The lowest BCUT2D eigenvalue weighted by Gasteiger charge is -2.05. The van der Waals surface area contributed by atoms with E-state index in [9.17, 15) is 4.79 Å². The molecular weight excluding hydrogens is 204 g/mol. The summed E-state index contributed by atoms with van der Waals surface area (Å²) >= 11 is 5.29. The molecule has 0 radical (unpaired) electrons. The maximum Gasteiger partial charge on any atom is 0.488 e. The summed E-state index contributed by atoms with van der Waals surface area (Å²) in [6.45, 7) is 0. The number of rotatable bonds is 3. The molecule has 4 nitrogen and oxygen atoms in total. The molecule has 1 aromatic carbocycles. The van der Waals surface area contributed by atoms with Crippen LogP contribution in [0, 0.1) is 0 Å². The van der Waals surface area contributed by atoms with E-state index in [2.05, 4.69) is 5.32 Å². The van der Waals surface area contributed by atoms with E-state index in [0.29, 0.717) is 11.2 Å². The summed E-state index contributed by atoms with van der Waals surface area (Å²) in [6.07, 6.45) is 0. The highest BCUT2D eigenvalue weighted by Gasteiger charge is 2.11. The number of halogens is 1. The lowest BCUT2D eigenvalue weighted by Crippen LogP contribution is -2.30.